The van der Waals surface area contributed by atoms with Crippen molar-refractivity contribution in [1.29, 1.82) is 0 Å². The first-order valence-electron chi connectivity index (χ1n) is 5.71. The van der Waals surface area contributed by atoms with E-state index in [1.807, 2.05) is 0 Å². The second-order valence-corrected chi connectivity index (χ2v) is 3.85. The van der Waals surface area contributed by atoms with E-state index in [-0.39, 0.29) is 24.4 Å². The molecular weight excluding hydrogens is 274 g/mol. The van der Waals surface area contributed by atoms with Crippen molar-refractivity contribution in [2.45, 2.75) is 20.0 Å². The van der Waals surface area contributed by atoms with Crippen molar-refractivity contribution in [3.63, 3.8) is 0 Å². The number of ether oxygens (including phenoxy) is 1. The minimum atomic E-state index is -3.01. The maximum Gasteiger partial charge on any atom is 0.387 e. The van der Waals surface area contributed by atoms with Crippen molar-refractivity contribution in [2.24, 2.45) is 0 Å². The molecule has 1 aromatic carbocycles. The number of carboxylic acid groups (broad SMARTS) is 1. The molecular formula is C12H14F2N2O4. The molecule has 0 aliphatic rings. The zero-order valence-electron chi connectivity index (χ0n) is 10.7. The van der Waals surface area contributed by atoms with Crippen LogP contribution in [-0.2, 0) is 4.79 Å². The van der Waals surface area contributed by atoms with Gasteiger partial charge < -0.3 is 20.5 Å². The van der Waals surface area contributed by atoms with Crippen LogP contribution in [0.2, 0.25) is 0 Å². The summed E-state index contributed by atoms with van der Waals surface area (Å²) in [6.45, 7) is -1.46. The molecule has 0 bridgehead atoms. The van der Waals surface area contributed by atoms with Crippen LogP contribution < -0.4 is 15.4 Å². The van der Waals surface area contributed by atoms with Gasteiger partial charge in [-0.2, -0.15) is 8.78 Å². The number of hydrogen-bond acceptors (Lipinski definition) is 3. The lowest BCUT2D eigenvalue weighted by atomic mass is 10.2. The molecule has 0 fully saturated rings. The molecule has 1 rings (SSSR count). The second-order valence-electron chi connectivity index (χ2n) is 3.85. The maximum atomic E-state index is 12.2. The summed E-state index contributed by atoms with van der Waals surface area (Å²) in [6.07, 6.45) is -0.235. The average molecular weight is 288 g/mol. The van der Waals surface area contributed by atoms with Crippen LogP contribution in [0.25, 0.3) is 0 Å². The number of anilines is 1. The molecule has 0 saturated carbocycles. The Morgan fingerprint density at radius 1 is 1.40 bits per heavy atom. The van der Waals surface area contributed by atoms with Gasteiger partial charge in [0.05, 0.1) is 12.1 Å². The Kier molecular flexibility index (Phi) is 5.70. The Labute approximate surface area is 113 Å². The lowest BCUT2D eigenvalue weighted by molar-refractivity contribution is -0.136. The van der Waals surface area contributed by atoms with Crippen molar-refractivity contribution >= 4 is 17.7 Å². The summed E-state index contributed by atoms with van der Waals surface area (Å²) >= 11 is 0. The first-order chi connectivity index (χ1) is 9.40. The molecule has 0 saturated heterocycles. The van der Waals surface area contributed by atoms with Gasteiger partial charge in [0.1, 0.15) is 5.75 Å². The quantitative estimate of drug-likeness (QED) is 0.748. The van der Waals surface area contributed by atoms with E-state index in [2.05, 4.69) is 15.4 Å². The van der Waals surface area contributed by atoms with E-state index < -0.39 is 18.6 Å². The molecule has 20 heavy (non-hydrogen) atoms. The highest BCUT2D eigenvalue weighted by Crippen LogP contribution is 2.29. The van der Waals surface area contributed by atoms with Gasteiger partial charge >= 0.3 is 18.6 Å². The molecule has 0 atom stereocenters. The Morgan fingerprint density at radius 2 is 2.10 bits per heavy atom. The highest BCUT2D eigenvalue weighted by Gasteiger charge is 2.13. The summed E-state index contributed by atoms with van der Waals surface area (Å²) < 4.78 is 28.8. The van der Waals surface area contributed by atoms with E-state index in [1.54, 1.807) is 13.0 Å². The molecule has 6 nitrogen and oxygen atoms in total. The fraction of sp³-hybridized carbons (Fsp3) is 0.333. The molecule has 1 aromatic rings. The van der Waals surface area contributed by atoms with Crippen molar-refractivity contribution in [1.82, 2.24) is 5.32 Å². The minimum absolute atomic E-state index is 0.0713. The fourth-order valence-electron chi connectivity index (χ4n) is 1.44. The number of para-hydroxylation sites is 1. The van der Waals surface area contributed by atoms with Gasteiger partial charge in [-0.05, 0) is 18.6 Å². The molecule has 0 aliphatic heterocycles. The largest absolute Gasteiger partial charge is 0.481 e. The van der Waals surface area contributed by atoms with E-state index in [0.717, 1.165) is 0 Å². The van der Waals surface area contributed by atoms with Crippen LogP contribution in [0.4, 0.5) is 19.3 Å². The standard InChI is InChI=1S/C12H14F2N2O4/c1-7-3-2-4-8(20-11(13)14)10(7)16-12(19)15-6-5-9(17)18/h2-4,11H,5-6H2,1H3,(H,17,18)(H2,15,16,19). The summed E-state index contributed by atoms with van der Waals surface area (Å²) in [4.78, 5) is 21.8. The zero-order valence-corrected chi connectivity index (χ0v) is 10.7. The average Bonchev–Trinajstić information content (AvgIpc) is 2.32. The topological polar surface area (TPSA) is 87.7 Å². The van der Waals surface area contributed by atoms with Gasteiger partial charge in [-0.15, -0.1) is 0 Å². The van der Waals surface area contributed by atoms with Gasteiger partial charge in [-0.3, -0.25) is 4.79 Å². The summed E-state index contributed by atoms with van der Waals surface area (Å²) in [5.74, 6) is -1.21. The van der Waals surface area contributed by atoms with Crippen molar-refractivity contribution in [3.8, 4) is 5.75 Å². The molecule has 0 spiro atoms. The third kappa shape index (κ3) is 5.09. The number of carboxylic acids is 1. The van der Waals surface area contributed by atoms with Crippen molar-refractivity contribution in [3.05, 3.63) is 23.8 Å². The smallest absolute Gasteiger partial charge is 0.387 e. The SMILES string of the molecule is Cc1cccc(OC(F)F)c1NC(=O)NCCC(=O)O. The molecule has 0 aliphatic carbocycles. The van der Waals surface area contributed by atoms with Gasteiger partial charge in [0.15, 0.2) is 0 Å². The normalized spacial score (nSPS) is 10.2. The lowest BCUT2D eigenvalue weighted by Gasteiger charge is -2.14. The van der Waals surface area contributed by atoms with E-state index >= 15 is 0 Å². The molecule has 8 heteroatoms. The Bertz CT molecular complexity index is 494. The first kappa shape index (κ1) is 15.7. The number of amides is 2. The number of aryl methyl sites for hydroxylation is 1. The zero-order chi connectivity index (χ0) is 15.1. The molecule has 0 heterocycles. The van der Waals surface area contributed by atoms with Crippen LogP contribution >= 0.6 is 0 Å². The molecule has 0 aromatic heterocycles. The highest BCUT2D eigenvalue weighted by molar-refractivity contribution is 5.92. The fourth-order valence-corrected chi connectivity index (χ4v) is 1.44. The highest BCUT2D eigenvalue weighted by atomic mass is 19.3. The summed E-state index contributed by atoms with van der Waals surface area (Å²) in [7, 11) is 0. The third-order valence-electron chi connectivity index (χ3n) is 2.31. The number of nitrogens with one attached hydrogen (secondary N) is 2. The number of halogens is 2. The number of carbonyl (C=O) groups excluding carboxylic acids is 1. The first-order valence-corrected chi connectivity index (χ1v) is 5.71. The number of carbonyl (C=O) groups is 2. The van der Waals surface area contributed by atoms with Gasteiger partial charge in [0.2, 0.25) is 0 Å². The van der Waals surface area contributed by atoms with Crippen LogP contribution in [0.15, 0.2) is 18.2 Å². The number of hydrogen-bond donors (Lipinski definition) is 3. The molecule has 110 valence electrons. The van der Waals surface area contributed by atoms with Crippen LogP contribution in [0.5, 0.6) is 5.75 Å². The third-order valence-corrected chi connectivity index (χ3v) is 2.31. The lowest BCUT2D eigenvalue weighted by Crippen LogP contribution is -2.31. The van der Waals surface area contributed by atoms with Gasteiger partial charge in [0, 0.05) is 6.54 Å². The van der Waals surface area contributed by atoms with Crippen LogP contribution in [0, 0.1) is 6.92 Å². The van der Waals surface area contributed by atoms with E-state index in [0.29, 0.717) is 5.56 Å². The minimum Gasteiger partial charge on any atom is -0.481 e. The number of benzene rings is 1. The molecule has 0 unspecified atom stereocenters. The van der Waals surface area contributed by atoms with Gasteiger partial charge in [-0.1, -0.05) is 12.1 Å². The van der Waals surface area contributed by atoms with Crippen LogP contribution in [0.1, 0.15) is 12.0 Å². The molecule has 0 radical (unpaired) electrons. The molecule has 3 N–H and O–H groups in total. The Morgan fingerprint density at radius 3 is 2.70 bits per heavy atom. The number of urea groups is 1. The summed E-state index contributed by atoms with van der Waals surface area (Å²) in [5.41, 5.74) is 0.650. The van der Waals surface area contributed by atoms with Crippen LogP contribution in [0.3, 0.4) is 0 Å². The molecule has 2 amide bonds. The number of rotatable bonds is 6. The van der Waals surface area contributed by atoms with Crippen molar-refractivity contribution < 1.29 is 28.2 Å². The van der Waals surface area contributed by atoms with Gasteiger partial charge in [-0.25, -0.2) is 4.79 Å². The number of alkyl halides is 2. The summed E-state index contributed by atoms with van der Waals surface area (Å²) in [5, 5.41) is 13.1. The number of aliphatic carboxylic acids is 1. The van der Waals surface area contributed by atoms with E-state index in [1.165, 1.54) is 12.1 Å². The maximum absolute atomic E-state index is 12.2. The summed E-state index contributed by atoms with van der Waals surface area (Å²) in [6, 6.07) is 3.73. The van der Waals surface area contributed by atoms with E-state index in [4.69, 9.17) is 5.11 Å². The second kappa shape index (κ2) is 7.27. The predicted molar refractivity (Wildman–Crippen MR) is 67.1 cm³/mol. The van der Waals surface area contributed by atoms with Gasteiger partial charge in [0.25, 0.3) is 0 Å². The monoisotopic (exact) mass is 288 g/mol. The van der Waals surface area contributed by atoms with E-state index in [9.17, 15) is 18.4 Å². The predicted octanol–water partition coefficient (Wildman–Crippen LogP) is 2.19. The van der Waals surface area contributed by atoms with Crippen molar-refractivity contribution in [2.75, 3.05) is 11.9 Å². The van der Waals surface area contributed by atoms with Crippen LogP contribution in [-0.4, -0.2) is 30.3 Å². The Balaban J connectivity index is 2.70. The Hall–Kier alpha value is -2.38.